The first-order valence-corrected chi connectivity index (χ1v) is 11.1. The van der Waals surface area contributed by atoms with Gasteiger partial charge < -0.3 is 10.2 Å². The average Bonchev–Trinajstić information content (AvgIpc) is 3.17. The molecule has 7 nitrogen and oxygen atoms in total. The smallest absolute Gasteiger partial charge is 0.237 e. The molecule has 1 unspecified atom stereocenters. The third-order valence-electron chi connectivity index (χ3n) is 6.60. The number of rotatable bonds is 5. The molecule has 3 fully saturated rings. The van der Waals surface area contributed by atoms with E-state index < -0.39 is 0 Å². The first-order valence-electron chi connectivity index (χ1n) is 11.1. The van der Waals surface area contributed by atoms with Gasteiger partial charge in [-0.25, -0.2) is 0 Å². The third-order valence-corrected chi connectivity index (χ3v) is 6.60. The van der Waals surface area contributed by atoms with Crippen molar-refractivity contribution in [3.63, 3.8) is 0 Å². The van der Waals surface area contributed by atoms with Crippen molar-refractivity contribution >= 4 is 11.8 Å². The average molecular weight is 400 g/mol. The topological polar surface area (TPSA) is 68.8 Å². The Labute approximate surface area is 173 Å². The van der Waals surface area contributed by atoms with Crippen LogP contribution in [0.4, 0.5) is 0 Å². The van der Waals surface area contributed by atoms with Crippen LogP contribution in [0.3, 0.4) is 0 Å². The molecule has 1 aromatic rings. The molecule has 4 rings (SSSR count). The summed E-state index contributed by atoms with van der Waals surface area (Å²) < 4.78 is 0. The normalized spacial score (nSPS) is 25.0. The number of hydrogen-bond acceptors (Lipinski definition) is 5. The number of nitrogens with one attached hydrogen (secondary N) is 1. The number of hydrogen-bond donors (Lipinski definition) is 1. The molecule has 0 aromatic carbocycles. The van der Waals surface area contributed by atoms with Crippen molar-refractivity contribution in [3.8, 4) is 0 Å². The molecule has 3 aliphatic rings. The van der Waals surface area contributed by atoms with Crippen LogP contribution in [0.1, 0.15) is 44.1 Å². The minimum atomic E-state index is -0.297. The Balaban J connectivity index is 1.33. The Bertz CT molecular complexity index is 692. The molecule has 2 saturated heterocycles. The summed E-state index contributed by atoms with van der Waals surface area (Å²) in [7, 11) is 0. The van der Waals surface area contributed by atoms with Gasteiger partial charge in [-0.2, -0.15) is 0 Å². The molecule has 0 bridgehead atoms. The van der Waals surface area contributed by atoms with Crippen LogP contribution in [-0.2, 0) is 16.1 Å². The van der Waals surface area contributed by atoms with E-state index in [4.69, 9.17) is 0 Å². The Morgan fingerprint density at radius 2 is 1.97 bits per heavy atom. The minimum absolute atomic E-state index is 0.0320. The van der Waals surface area contributed by atoms with Crippen LogP contribution in [0.25, 0.3) is 0 Å². The lowest BCUT2D eigenvalue weighted by Gasteiger charge is -2.39. The summed E-state index contributed by atoms with van der Waals surface area (Å²) in [4.78, 5) is 36.5. The van der Waals surface area contributed by atoms with Crippen LogP contribution in [0.2, 0.25) is 0 Å². The third kappa shape index (κ3) is 5.14. The van der Waals surface area contributed by atoms with Crippen molar-refractivity contribution in [2.45, 2.75) is 57.2 Å². The second kappa shape index (κ2) is 9.67. The van der Waals surface area contributed by atoms with Crippen LogP contribution < -0.4 is 5.32 Å². The second-order valence-corrected chi connectivity index (χ2v) is 8.56. The number of aromatic nitrogens is 1. The maximum Gasteiger partial charge on any atom is 0.237 e. The zero-order chi connectivity index (χ0) is 20.1. The van der Waals surface area contributed by atoms with E-state index in [1.165, 1.54) is 18.4 Å². The van der Waals surface area contributed by atoms with Gasteiger partial charge in [0.25, 0.3) is 0 Å². The molecular weight excluding hydrogens is 366 g/mol. The monoisotopic (exact) mass is 399 g/mol. The summed E-state index contributed by atoms with van der Waals surface area (Å²) >= 11 is 0. The zero-order valence-corrected chi connectivity index (χ0v) is 17.3. The lowest BCUT2D eigenvalue weighted by molar-refractivity contribution is -0.139. The summed E-state index contributed by atoms with van der Waals surface area (Å²) in [6.45, 7) is 5.80. The van der Waals surface area contributed by atoms with Gasteiger partial charge in [0, 0.05) is 64.2 Å². The molecule has 1 atom stereocenters. The molecule has 3 heterocycles. The lowest BCUT2D eigenvalue weighted by atomic mass is 10.0. The van der Waals surface area contributed by atoms with Gasteiger partial charge >= 0.3 is 0 Å². The molecule has 1 N–H and O–H groups in total. The number of carbonyl (C=O) groups excluding carboxylic acids is 2. The van der Waals surface area contributed by atoms with Crippen molar-refractivity contribution in [3.05, 3.63) is 30.1 Å². The fourth-order valence-corrected chi connectivity index (χ4v) is 5.04. The van der Waals surface area contributed by atoms with E-state index in [9.17, 15) is 9.59 Å². The summed E-state index contributed by atoms with van der Waals surface area (Å²) in [6, 6.07) is 4.24. The lowest BCUT2D eigenvalue weighted by Crippen LogP contribution is -2.59. The van der Waals surface area contributed by atoms with E-state index in [-0.39, 0.29) is 17.9 Å². The molecule has 2 amide bonds. The second-order valence-electron chi connectivity index (χ2n) is 8.56. The van der Waals surface area contributed by atoms with Crippen molar-refractivity contribution in [2.75, 3.05) is 39.3 Å². The quantitative estimate of drug-likeness (QED) is 0.807. The van der Waals surface area contributed by atoms with E-state index >= 15 is 0 Å². The Kier molecular flexibility index (Phi) is 6.77. The molecule has 1 aromatic heterocycles. The van der Waals surface area contributed by atoms with E-state index in [1.807, 2.05) is 17.2 Å². The highest BCUT2D eigenvalue weighted by Gasteiger charge is 2.37. The Morgan fingerprint density at radius 3 is 2.76 bits per heavy atom. The summed E-state index contributed by atoms with van der Waals surface area (Å²) in [5.41, 5.74) is 1.21. The van der Waals surface area contributed by atoms with Crippen LogP contribution in [0.15, 0.2) is 24.5 Å². The summed E-state index contributed by atoms with van der Waals surface area (Å²) in [5.74, 6) is 0.155. The molecule has 1 aliphatic carbocycles. The number of piperazine rings is 1. The largest absolute Gasteiger partial charge is 0.353 e. The van der Waals surface area contributed by atoms with Crippen molar-refractivity contribution in [1.29, 1.82) is 0 Å². The van der Waals surface area contributed by atoms with Crippen molar-refractivity contribution in [1.82, 2.24) is 25.0 Å². The first kappa shape index (κ1) is 20.3. The van der Waals surface area contributed by atoms with Gasteiger partial charge in [-0.1, -0.05) is 18.9 Å². The highest BCUT2D eigenvalue weighted by Crippen LogP contribution is 2.27. The van der Waals surface area contributed by atoms with E-state index in [0.717, 1.165) is 58.5 Å². The molecule has 0 spiro atoms. The van der Waals surface area contributed by atoms with Gasteiger partial charge in [0.15, 0.2) is 0 Å². The molecule has 158 valence electrons. The van der Waals surface area contributed by atoms with E-state index in [0.29, 0.717) is 19.0 Å². The molecule has 1 saturated carbocycles. The SMILES string of the molecule is O=C1NCCN(C2CCCC2)C1CC(=O)N1CCCN(Cc2cccnc2)CC1. The molecule has 7 heteroatoms. The van der Waals surface area contributed by atoms with Crippen LogP contribution >= 0.6 is 0 Å². The molecular formula is C22H33N5O2. The number of amides is 2. The summed E-state index contributed by atoms with van der Waals surface area (Å²) in [5, 5.41) is 2.98. The van der Waals surface area contributed by atoms with Crippen LogP contribution in [-0.4, -0.2) is 82.9 Å². The standard InChI is InChI=1S/C22H33N5O2/c28-21(15-20-22(29)24-9-12-27(20)19-6-1-2-7-19)26-11-4-10-25(13-14-26)17-18-5-3-8-23-16-18/h3,5,8,16,19-20H,1-2,4,6-7,9-15,17H2,(H,24,29). The Morgan fingerprint density at radius 1 is 1.10 bits per heavy atom. The van der Waals surface area contributed by atoms with Crippen molar-refractivity contribution in [2.24, 2.45) is 0 Å². The fraction of sp³-hybridized carbons (Fsp3) is 0.682. The highest BCUT2D eigenvalue weighted by molar-refractivity contribution is 5.89. The van der Waals surface area contributed by atoms with Crippen molar-refractivity contribution < 1.29 is 9.59 Å². The number of nitrogens with zero attached hydrogens (tertiary/aromatic N) is 4. The number of carbonyl (C=O) groups is 2. The minimum Gasteiger partial charge on any atom is -0.353 e. The van der Waals surface area contributed by atoms with E-state index in [2.05, 4.69) is 26.2 Å². The Hall–Kier alpha value is -1.99. The molecule has 0 radical (unpaired) electrons. The van der Waals surface area contributed by atoms with Gasteiger partial charge in [-0.15, -0.1) is 0 Å². The van der Waals surface area contributed by atoms with Gasteiger partial charge in [0.2, 0.25) is 11.8 Å². The number of pyridine rings is 1. The van der Waals surface area contributed by atoms with Gasteiger partial charge in [-0.3, -0.25) is 24.4 Å². The molecule has 29 heavy (non-hydrogen) atoms. The van der Waals surface area contributed by atoms with Crippen LogP contribution in [0.5, 0.6) is 0 Å². The summed E-state index contributed by atoms with van der Waals surface area (Å²) in [6.07, 6.45) is 9.77. The van der Waals surface area contributed by atoms with Gasteiger partial charge in [0.05, 0.1) is 12.5 Å². The van der Waals surface area contributed by atoms with Gasteiger partial charge in [-0.05, 0) is 30.9 Å². The predicted molar refractivity (Wildman–Crippen MR) is 111 cm³/mol. The zero-order valence-electron chi connectivity index (χ0n) is 17.3. The maximum absolute atomic E-state index is 13.1. The fourth-order valence-electron chi connectivity index (χ4n) is 5.04. The van der Waals surface area contributed by atoms with Crippen LogP contribution in [0, 0.1) is 0 Å². The predicted octanol–water partition coefficient (Wildman–Crippen LogP) is 1.25. The molecule has 2 aliphatic heterocycles. The maximum atomic E-state index is 13.1. The van der Waals surface area contributed by atoms with E-state index in [1.54, 1.807) is 6.20 Å². The first-order chi connectivity index (χ1) is 14.2. The van der Waals surface area contributed by atoms with Gasteiger partial charge in [0.1, 0.15) is 0 Å². The highest BCUT2D eigenvalue weighted by atomic mass is 16.2.